The van der Waals surface area contributed by atoms with E-state index in [1.165, 1.54) is 64.5 Å². The third kappa shape index (κ3) is 6.82. The van der Waals surface area contributed by atoms with E-state index in [9.17, 15) is 4.79 Å². The number of hydrogen-bond acceptors (Lipinski definition) is 2. The van der Waals surface area contributed by atoms with Gasteiger partial charge in [-0.1, -0.05) is 45.4 Å². The molecule has 0 amide bonds. The fraction of sp³-hybridized carbons (Fsp3) is 0.933. The Morgan fingerprint density at radius 2 is 1.82 bits per heavy atom. The van der Waals surface area contributed by atoms with Crippen molar-refractivity contribution in [2.45, 2.75) is 64.7 Å². The second-order valence-electron chi connectivity index (χ2n) is 5.46. The van der Waals surface area contributed by atoms with Crippen molar-refractivity contribution >= 4 is 6.29 Å². The Hall–Kier alpha value is -0.370. The van der Waals surface area contributed by atoms with Gasteiger partial charge in [0.05, 0.1) is 0 Å². The Labute approximate surface area is 107 Å². The van der Waals surface area contributed by atoms with Gasteiger partial charge in [0.15, 0.2) is 0 Å². The Balaban J connectivity index is 1.93. The van der Waals surface area contributed by atoms with Crippen LogP contribution in [0.1, 0.15) is 64.7 Å². The molecule has 1 unspecified atom stereocenters. The number of hydrogen-bond donors (Lipinski definition) is 0. The number of nitrogens with zero attached hydrogens (tertiary/aromatic N) is 1. The van der Waals surface area contributed by atoms with Gasteiger partial charge < -0.3 is 9.69 Å². The molecule has 0 aromatic rings. The molecule has 0 spiro atoms. The van der Waals surface area contributed by atoms with E-state index in [4.69, 9.17) is 0 Å². The smallest absolute Gasteiger partial charge is 0.124 e. The molecule has 0 aromatic carbocycles. The van der Waals surface area contributed by atoms with E-state index in [-0.39, 0.29) is 0 Å². The highest BCUT2D eigenvalue weighted by molar-refractivity contribution is 5.53. The summed E-state index contributed by atoms with van der Waals surface area (Å²) in [7, 11) is 0. The van der Waals surface area contributed by atoms with Crippen LogP contribution in [0.15, 0.2) is 0 Å². The molecule has 17 heavy (non-hydrogen) atoms. The first kappa shape index (κ1) is 14.7. The normalized spacial score (nSPS) is 21.6. The summed E-state index contributed by atoms with van der Waals surface area (Å²) in [4.78, 5) is 13.2. The third-order valence-corrected chi connectivity index (χ3v) is 3.81. The number of aldehydes is 1. The Morgan fingerprint density at radius 3 is 2.53 bits per heavy atom. The summed E-state index contributed by atoms with van der Waals surface area (Å²) in [5.74, 6) is 0.313. The maximum Gasteiger partial charge on any atom is 0.124 e. The van der Waals surface area contributed by atoms with E-state index in [0.29, 0.717) is 5.92 Å². The van der Waals surface area contributed by atoms with Crippen molar-refractivity contribution in [1.29, 1.82) is 0 Å². The fourth-order valence-electron chi connectivity index (χ4n) is 2.70. The minimum atomic E-state index is 0.313. The number of carbonyl (C=O) groups excluding carboxylic acids is 1. The maximum atomic E-state index is 10.8. The molecular weight excluding hydrogens is 210 g/mol. The Kier molecular flexibility index (Phi) is 8.33. The second-order valence-corrected chi connectivity index (χ2v) is 5.46. The number of piperidine rings is 1. The first-order valence-electron chi connectivity index (χ1n) is 7.54. The van der Waals surface area contributed by atoms with Gasteiger partial charge in [-0.05, 0) is 32.4 Å². The predicted octanol–water partition coefficient (Wildman–Crippen LogP) is 3.65. The highest BCUT2D eigenvalue weighted by atomic mass is 16.1. The van der Waals surface area contributed by atoms with Crippen LogP contribution in [0.2, 0.25) is 0 Å². The molecule has 0 bridgehead atoms. The monoisotopic (exact) mass is 239 g/mol. The average molecular weight is 239 g/mol. The number of carbonyl (C=O) groups is 1. The lowest BCUT2D eigenvalue weighted by Gasteiger charge is -2.29. The third-order valence-electron chi connectivity index (χ3n) is 3.81. The minimum Gasteiger partial charge on any atom is -0.303 e. The zero-order valence-electron chi connectivity index (χ0n) is 11.5. The van der Waals surface area contributed by atoms with E-state index >= 15 is 0 Å². The zero-order valence-corrected chi connectivity index (χ0v) is 11.5. The quantitative estimate of drug-likeness (QED) is 0.452. The molecule has 0 saturated carbocycles. The van der Waals surface area contributed by atoms with E-state index in [2.05, 4.69) is 11.8 Å². The molecule has 1 heterocycles. The van der Waals surface area contributed by atoms with Crippen LogP contribution in [0, 0.1) is 5.92 Å². The van der Waals surface area contributed by atoms with Gasteiger partial charge in [-0.2, -0.15) is 0 Å². The molecule has 2 nitrogen and oxygen atoms in total. The zero-order chi connectivity index (χ0) is 12.3. The summed E-state index contributed by atoms with van der Waals surface area (Å²) in [6, 6.07) is 0. The lowest BCUT2D eigenvalue weighted by Crippen LogP contribution is -2.36. The molecule has 1 atom stereocenters. The minimum absolute atomic E-state index is 0.313. The number of rotatable bonds is 9. The summed E-state index contributed by atoms with van der Waals surface area (Å²) < 4.78 is 0. The van der Waals surface area contributed by atoms with Crippen LogP contribution in [-0.4, -0.2) is 30.8 Å². The largest absolute Gasteiger partial charge is 0.303 e. The molecule has 0 N–H and O–H groups in total. The van der Waals surface area contributed by atoms with Gasteiger partial charge in [-0.15, -0.1) is 0 Å². The molecule has 1 rings (SSSR count). The molecule has 1 fully saturated rings. The molecule has 0 aliphatic carbocycles. The highest BCUT2D eigenvalue weighted by Crippen LogP contribution is 2.15. The van der Waals surface area contributed by atoms with Gasteiger partial charge >= 0.3 is 0 Å². The van der Waals surface area contributed by atoms with Crippen LogP contribution in [0.3, 0.4) is 0 Å². The molecular formula is C15H29NO. The van der Waals surface area contributed by atoms with Crippen molar-refractivity contribution in [2.24, 2.45) is 5.92 Å². The van der Waals surface area contributed by atoms with Gasteiger partial charge in [-0.3, -0.25) is 0 Å². The number of likely N-dealkylation sites (tertiary alicyclic amines) is 1. The first-order valence-corrected chi connectivity index (χ1v) is 7.54. The predicted molar refractivity (Wildman–Crippen MR) is 73.2 cm³/mol. The van der Waals surface area contributed by atoms with E-state index in [1.54, 1.807) is 0 Å². The van der Waals surface area contributed by atoms with Gasteiger partial charge in [0.25, 0.3) is 0 Å². The van der Waals surface area contributed by atoms with Crippen molar-refractivity contribution in [2.75, 3.05) is 19.6 Å². The SMILES string of the molecule is CCCCCCCCCN1CCCC(C=O)C1. The second kappa shape index (κ2) is 9.64. The summed E-state index contributed by atoms with van der Waals surface area (Å²) in [5, 5.41) is 0. The molecule has 1 aliphatic heterocycles. The Morgan fingerprint density at radius 1 is 1.12 bits per heavy atom. The summed E-state index contributed by atoms with van der Waals surface area (Å²) >= 11 is 0. The van der Waals surface area contributed by atoms with Gasteiger partial charge in [0.2, 0.25) is 0 Å². The van der Waals surface area contributed by atoms with Crippen molar-refractivity contribution in [3.8, 4) is 0 Å². The molecule has 1 aliphatic rings. The summed E-state index contributed by atoms with van der Waals surface area (Å²) in [5.41, 5.74) is 0. The lowest BCUT2D eigenvalue weighted by atomic mass is 9.99. The van der Waals surface area contributed by atoms with Gasteiger partial charge in [-0.25, -0.2) is 0 Å². The Bertz CT molecular complexity index is 193. The van der Waals surface area contributed by atoms with E-state index < -0.39 is 0 Å². The fourth-order valence-corrected chi connectivity index (χ4v) is 2.70. The van der Waals surface area contributed by atoms with Crippen LogP contribution < -0.4 is 0 Å². The first-order chi connectivity index (χ1) is 8.36. The van der Waals surface area contributed by atoms with Crippen LogP contribution in [0.25, 0.3) is 0 Å². The van der Waals surface area contributed by atoms with Crippen molar-refractivity contribution in [3.63, 3.8) is 0 Å². The van der Waals surface area contributed by atoms with Crippen molar-refractivity contribution < 1.29 is 4.79 Å². The summed E-state index contributed by atoms with van der Waals surface area (Å²) in [6.45, 7) is 5.69. The highest BCUT2D eigenvalue weighted by Gasteiger charge is 2.18. The van der Waals surface area contributed by atoms with Crippen LogP contribution in [0.4, 0.5) is 0 Å². The average Bonchev–Trinajstić information content (AvgIpc) is 2.38. The topological polar surface area (TPSA) is 20.3 Å². The molecule has 0 aromatic heterocycles. The van der Waals surface area contributed by atoms with E-state index in [1.807, 2.05) is 0 Å². The summed E-state index contributed by atoms with van der Waals surface area (Å²) in [6.07, 6.45) is 13.1. The lowest BCUT2D eigenvalue weighted by molar-refractivity contribution is -0.112. The molecule has 2 heteroatoms. The van der Waals surface area contributed by atoms with Crippen molar-refractivity contribution in [1.82, 2.24) is 4.90 Å². The van der Waals surface area contributed by atoms with E-state index in [0.717, 1.165) is 19.3 Å². The standard InChI is InChI=1S/C15H29NO/c1-2-3-4-5-6-7-8-11-16-12-9-10-15(13-16)14-17/h14-15H,2-13H2,1H3. The van der Waals surface area contributed by atoms with Gasteiger partial charge in [0.1, 0.15) is 6.29 Å². The van der Waals surface area contributed by atoms with Crippen molar-refractivity contribution in [3.05, 3.63) is 0 Å². The van der Waals surface area contributed by atoms with Crippen LogP contribution in [-0.2, 0) is 4.79 Å². The van der Waals surface area contributed by atoms with Gasteiger partial charge in [0, 0.05) is 12.5 Å². The molecule has 100 valence electrons. The molecule has 0 radical (unpaired) electrons. The number of unbranched alkanes of at least 4 members (excludes halogenated alkanes) is 6. The van der Waals surface area contributed by atoms with Crippen LogP contribution in [0.5, 0.6) is 0 Å². The molecule has 1 saturated heterocycles. The maximum absolute atomic E-state index is 10.8. The van der Waals surface area contributed by atoms with Crippen LogP contribution >= 0.6 is 0 Å².